The van der Waals surface area contributed by atoms with Crippen LogP contribution in [0, 0.1) is 0 Å². The van der Waals surface area contributed by atoms with E-state index in [0.29, 0.717) is 19.5 Å². The molecule has 4 nitrogen and oxygen atoms in total. The van der Waals surface area contributed by atoms with E-state index >= 15 is 0 Å². The van der Waals surface area contributed by atoms with Gasteiger partial charge in [0, 0.05) is 18.8 Å². The van der Waals surface area contributed by atoms with Crippen molar-refractivity contribution in [1.29, 1.82) is 0 Å². The van der Waals surface area contributed by atoms with Gasteiger partial charge in [-0.2, -0.15) is 8.78 Å². The molecule has 0 radical (unpaired) electrons. The Morgan fingerprint density at radius 2 is 1.48 bits per heavy atom. The number of sulfone groups is 1. The quantitative estimate of drug-likeness (QED) is 0.721. The molecule has 0 saturated heterocycles. The maximum atomic E-state index is 12.7. The molecule has 0 fully saturated rings. The molecule has 0 saturated carbocycles. The average molecular weight is 340 g/mol. The molecular formula is C16H18F2N2O2S. The number of benzene rings is 2. The Morgan fingerprint density at radius 1 is 0.870 bits per heavy atom. The van der Waals surface area contributed by atoms with E-state index in [1.807, 2.05) is 30.3 Å². The first-order valence-electron chi connectivity index (χ1n) is 7.15. The second-order valence-corrected chi connectivity index (χ2v) is 6.76. The molecule has 2 N–H and O–H groups in total. The SMILES string of the molecule is O=S(=O)(c1ccccc1NCCCNc1ccccc1)C(F)F. The van der Waals surface area contributed by atoms with Gasteiger partial charge in [0.15, 0.2) is 0 Å². The van der Waals surface area contributed by atoms with Crippen molar-refractivity contribution in [2.75, 3.05) is 23.7 Å². The van der Waals surface area contributed by atoms with Gasteiger partial charge < -0.3 is 10.6 Å². The average Bonchev–Trinajstić information content (AvgIpc) is 2.55. The van der Waals surface area contributed by atoms with Crippen molar-refractivity contribution in [2.45, 2.75) is 17.1 Å². The van der Waals surface area contributed by atoms with Crippen LogP contribution in [0.4, 0.5) is 20.2 Å². The second kappa shape index (κ2) is 7.92. The molecule has 2 aromatic rings. The Hall–Kier alpha value is -2.15. The molecule has 2 aromatic carbocycles. The zero-order chi connectivity index (χ0) is 16.7. The molecule has 2 rings (SSSR count). The smallest absolute Gasteiger partial charge is 0.341 e. The van der Waals surface area contributed by atoms with Gasteiger partial charge in [-0.05, 0) is 30.7 Å². The van der Waals surface area contributed by atoms with Gasteiger partial charge in [-0.15, -0.1) is 0 Å². The maximum Gasteiger partial charge on any atom is 0.341 e. The van der Waals surface area contributed by atoms with E-state index in [-0.39, 0.29) is 10.6 Å². The Bertz CT molecular complexity index is 722. The number of hydrogen-bond acceptors (Lipinski definition) is 4. The lowest BCUT2D eigenvalue weighted by molar-refractivity contribution is 0.235. The van der Waals surface area contributed by atoms with Crippen molar-refractivity contribution in [3.63, 3.8) is 0 Å². The Balaban J connectivity index is 1.89. The molecule has 0 atom stereocenters. The summed E-state index contributed by atoms with van der Waals surface area (Å²) in [5, 5.41) is 6.12. The van der Waals surface area contributed by atoms with Gasteiger partial charge >= 0.3 is 5.76 Å². The lowest BCUT2D eigenvalue weighted by Gasteiger charge is -2.12. The second-order valence-electron chi connectivity index (χ2n) is 4.87. The fourth-order valence-corrected chi connectivity index (χ4v) is 2.96. The van der Waals surface area contributed by atoms with Crippen LogP contribution in [0.5, 0.6) is 0 Å². The van der Waals surface area contributed by atoms with Crippen LogP contribution in [-0.2, 0) is 9.84 Å². The Labute approximate surface area is 134 Å². The minimum Gasteiger partial charge on any atom is -0.385 e. The van der Waals surface area contributed by atoms with Crippen molar-refractivity contribution < 1.29 is 17.2 Å². The van der Waals surface area contributed by atoms with E-state index in [4.69, 9.17) is 0 Å². The number of para-hydroxylation sites is 2. The predicted molar refractivity (Wildman–Crippen MR) is 87.7 cm³/mol. The normalized spacial score (nSPS) is 11.4. The van der Waals surface area contributed by atoms with Gasteiger partial charge in [0.2, 0.25) is 9.84 Å². The number of rotatable bonds is 8. The predicted octanol–water partition coefficient (Wildman–Crippen LogP) is 3.60. The third-order valence-electron chi connectivity index (χ3n) is 3.20. The topological polar surface area (TPSA) is 58.2 Å². The highest BCUT2D eigenvalue weighted by atomic mass is 32.2. The zero-order valence-corrected chi connectivity index (χ0v) is 13.2. The van der Waals surface area contributed by atoms with Gasteiger partial charge in [-0.3, -0.25) is 0 Å². The molecule has 0 heterocycles. The minimum atomic E-state index is -4.60. The first-order chi connectivity index (χ1) is 11.0. The number of alkyl halides is 2. The number of nitrogens with one attached hydrogen (secondary N) is 2. The summed E-state index contributed by atoms with van der Waals surface area (Å²) < 4.78 is 48.6. The highest BCUT2D eigenvalue weighted by Crippen LogP contribution is 2.25. The van der Waals surface area contributed by atoms with Crippen molar-refractivity contribution in [1.82, 2.24) is 0 Å². The lowest BCUT2D eigenvalue weighted by Crippen LogP contribution is -2.15. The summed E-state index contributed by atoms with van der Waals surface area (Å²) in [7, 11) is -4.60. The molecule has 0 amide bonds. The third-order valence-corrected chi connectivity index (χ3v) is 4.64. The van der Waals surface area contributed by atoms with Gasteiger partial charge in [0.1, 0.15) is 0 Å². The van der Waals surface area contributed by atoms with Crippen LogP contribution in [0.2, 0.25) is 0 Å². The third kappa shape index (κ3) is 4.66. The molecule has 0 aliphatic heterocycles. The maximum absolute atomic E-state index is 12.7. The van der Waals surface area contributed by atoms with Crippen molar-refractivity contribution >= 4 is 21.2 Å². The van der Waals surface area contributed by atoms with E-state index in [1.165, 1.54) is 18.2 Å². The first kappa shape index (κ1) is 17.2. The van der Waals surface area contributed by atoms with E-state index in [2.05, 4.69) is 10.6 Å². The monoisotopic (exact) mass is 340 g/mol. The van der Waals surface area contributed by atoms with Gasteiger partial charge in [-0.1, -0.05) is 30.3 Å². The first-order valence-corrected chi connectivity index (χ1v) is 8.70. The summed E-state index contributed by atoms with van der Waals surface area (Å²) in [6.07, 6.45) is 0.706. The molecule has 124 valence electrons. The molecule has 0 spiro atoms. The molecule has 23 heavy (non-hydrogen) atoms. The van der Waals surface area contributed by atoms with E-state index in [0.717, 1.165) is 5.69 Å². The van der Waals surface area contributed by atoms with Crippen LogP contribution >= 0.6 is 0 Å². The molecule has 0 bridgehead atoms. The molecule has 0 aromatic heterocycles. The molecule has 0 unspecified atom stereocenters. The molecule has 0 aliphatic carbocycles. The van der Waals surface area contributed by atoms with E-state index < -0.39 is 15.6 Å². The summed E-state index contributed by atoms with van der Waals surface area (Å²) in [5.74, 6) is -3.43. The van der Waals surface area contributed by atoms with Crippen molar-refractivity contribution in [3.8, 4) is 0 Å². The van der Waals surface area contributed by atoms with Crippen LogP contribution in [0.25, 0.3) is 0 Å². The standard InChI is InChI=1S/C16H18F2N2O2S/c17-16(18)23(21,22)15-10-5-4-9-14(15)20-12-6-11-19-13-7-2-1-3-8-13/h1-5,7-10,16,19-20H,6,11-12H2. The zero-order valence-electron chi connectivity index (χ0n) is 12.4. The summed E-state index contributed by atoms with van der Waals surface area (Å²) >= 11 is 0. The Morgan fingerprint density at radius 3 is 2.17 bits per heavy atom. The molecule has 0 aliphatic rings. The number of halogens is 2. The summed E-state index contributed by atoms with van der Waals surface area (Å²) in [4.78, 5) is -0.369. The molecule has 7 heteroatoms. The fraction of sp³-hybridized carbons (Fsp3) is 0.250. The highest BCUT2D eigenvalue weighted by molar-refractivity contribution is 7.91. The Kier molecular flexibility index (Phi) is 5.92. The summed E-state index contributed by atoms with van der Waals surface area (Å²) in [6, 6.07) is 15.4. The van der Waals surface area contributed by atoms with Gasteiger partial charge in [0.05, 0.1) is 10.6 Å². The van der Waals surface area contributed by atoms with Crippen molar-refractivity contribution in [3.05, 3.63) is 54.6 Å². The van der Waals surface area contributed by atoms with Crippen LogP contribution in [0.15, 0.2) is 59.5 Å². The van der Waals surface area contributed by atoms with Crippen LogP contribution in [0.3, 0.4) is 0 Å². The largest absolute Gasteiger partial charge is 0.385 e. The van der Waals surface area contributed by atoms with Gasteiger partial charge in [-0.25, -0.2) is 8.42 Å². The number of hydrogen-bond donors (Lipinski definition) is 2. The van der Waals surface area contributed by atoms with Crippen molar-refractivity contribution in [2.24, 2.45) is 0 Å². The summed E-state index contributed by atoms with van der Waals surface area (Å²) in [5.41, 5.74) is 1.20. The lowest BCUT2D eigenvalue weighted by atomic mass is 10.3. The minimum absolute atomic E-state index is 0.201. The molecular weight excluding hydrogens is 322 g/mol. The summed E-state index contributed by atoms with van der Waals surface area (Å²) in [6.45, 7) is 1.15. The van der Waals surface area contributed by atoms with E-state index in [9.17, 15) is 17.2 Å². The van der Waals surface area contributed by atoms with Crippen LogP contribution in [-0.4, -0.2) is 27.3 Å². The highest BCUT2D eigenvalue weighted by Gasteiger charge is 2.28. The van der Waals surface area contributed by atoms with Crippen LogP contribution in [0.1, 0.15) is 6.42 Å². The number of anilines is 2. The van der Waals surface area contributed by atoms with Crippen LogP contribution < -0.4 is 10.6 Å². The van der Waals surface area contributed by atoms with E-state index in [1.54, 1.807) is 6.07 Å². The fourth-order valence-electron chi connectivity index (χ4n) is 2.06. The van der Waals surface area contributed by atoms with Gasteiger partial charge in [0.25, 0.3) is 0 Å².